The maximum atomic E-state index is 13.9. The molecule has 0 bridgehead atoms. The van der Waals surface area contributed by atoms with Gasteiger partial charge < -0.3 is 4.90 Å². The van der Waals surface area contributed by atoms with Crippen molar-refractivity contribution >= 4 is 15.8 Å². The smallest absolute Gasteiger partial charge is 0.246 e. The fourth-order valence-corrected chi connectivity index (χ4v) is 4.68. The molecule has 0 N–H and O–H groups in total. The van der Waals surface area contributed by atoms with E-state index in [9.17, 15) is 17.2 Å². The molecule has 8 nitrogen and oxygen atoms in total. The van der Waals surface area contributed by atoms with Crippen molar-refractivity contribution in [3.8, 4) is 5.82 Å². The Balaban J connectivity index is 1.46. The SMILES string of the molecule is Cc1nccn1-c1ccc(N2CCN(S(=O)(=O)c3ccc(F)cc3F)CC2)nn1. The van der Waals surface area contributed by atoms with E-state index in [-0.39, 0.29) is 13.1 Å². The molecule has 1 aromatic carbocycles. The number of sulfonamides is 1. The van der Waals surface area contributed by atoms with Gasteiger partial charge in [-0.3, -0.25) is 4.57 Å². The minimum Gasteiger partial charge on any atom is -0.352 e. The summed E-state index contributed by atoms with van der Waals surface area (Å²) in [6.45, 7) is 2.92. The second kappa shape index (κ2) is 7.48. The molecule has 0 saturated carbocycles. The predicted molar refractivity (Wildman–Crippen MR) is 101 cm³/mol. The van der Waals surface area contributed by atoms with E-state index in [1.54, 1.807) is 17.0 Å². The Bertz CT molecular complexity index is 1130. The molecule has 0 amide bonds. The minimum atomic E-state index is -4.04. The molecule has 0 atom stereocenters. The van der Waals surface area contributed by atoms with Gasteiger partial charge in [-0.15, -0.1) is 10.2 Å². The summed E-state index contributed by atoms with van der Waals surface area (Å²) in [6, 6.07) is 6.09. The van der Waals surface area contributed by atoms with Crippen LogP contribution in [0.15, 0.2) is 47.6 Å². The number of aryl methyl sites for hydroxylation is 1. The van der Waals surface area contributed by atoms with E-state index in [0.717, 1.165) is 18.0 Å². The minimum absolute atomic E-state index is 0.156. The zero-order chi connectivity index (χ0) is 20.6. The van der Waals surface area contributed by atoms with E-state index in [0.29, 0.717) is 30.8 Å². The molecule has 4 rings (SSSR count). The standard InChI is InChI=1S/C18H18F2N6O2S/c1-13-21-6-7-26(13)18-5-4-17(22-23-18)24-8-10-25(11-9-24)29(27,28)16-3-2-14(19)12-15(16)20/h2-7,12H,8-11H2,1H3. The molecular formula is C18H18F2N6O2S. The van der Waals surface area contributed by atoms with Crippen LogP contribution in [0.5, 0.6) is 0 Å². The van der Waals surface area contributed by atoms with Gasteiger partial charge >= 0.3 is 0 Å². The highest BCUT2D eigenvalue weighted by Gasteiger charge is 2.31. The van der Waals surface area contributed by atoms with Gasteiger partial charge in [0.1, 0.15) is 22.4 Å². The van der Waals surface area contributed by atoms with Crippen LogP contribution < -0.4 is 4.90 Å². The van der Waals surface area contributed by atoms with Crippen molar-refractivity contribution in [2.45, 2.75) is 11.8 Å². The van der Waals surface area contributed by atoms with Gasteiger partial charge in [-0.25, -0.2) is 22.2 Å². The van der Waals surface area contributed by atoms with E-state index in [1.165, 1.54) is 4.31 Å². The number of hydrogen-bond donors (Lipinski definition) is 0. The summed E-state index contributed by atoms with van der Waals surface area (Å²) in [4.78, 5) is 5.53. The number of benzene rings is 1. The first-order valence-electron chi connectivity index (χ1n) is 8.90. The summed E-state index contributed by atoms with van der Waals surface area (Å²) >= 11 is 0. The molecule has 1 fully saturated rings. The van der Waals surface area contributed by atoms with Crippen LogP contribution in [-0.2, 0) is 10.0 Å². The molecule has 0 spiro atoms. The van der Waals surface area contributed by atoms with Crippen LogP contribution in [0, 0.1) is 18.6 Å². The Labute approximate surface area is 166 Å². The number of hydrogen-bond acceptors (Lipinski definition) is 6. The Kier molecular flexibility index (Phi) is 5.01. The van der Waals surface area contributed by atoms with Crippen LogP contribution in [0.1, 0.15) is 5.82 Å². The van der Waals surface area contributed by atoms with Crippen molar-refractivity contribution in [3.63, 3.8) is 0 Å². The van der Waals surface area contributed by atoms with E-state index in [2.05, 4.69) is 15.2 Å². The number of imidazole rings is 1. The topological polar surface area (TPSA) is 84.2 Å². The second-order valence-corrected chi connectivity index (χ2v) is 8.47. The third kappa shape index (κ3) is 3.70. The molecule has 0 unspecified atom stereocenters. The number of halogens is 2. The molecule has 1 aliphatic heterocycles. The number of nitrogens with zero attached hydrogens (tertiary/aromatic N) is 6. The van der Waals surface area contributed by atoms with Crippen LogP contribution in [0.2, 0.25) is 0 Å². The maximum Gasteiger partial charge on any atom is 0.246 e. The monoisotopic (exact) mass is 420 g/mol. The molecular weight excluding hydrogens is 402 g/mol. The van der Waals surface area contributed by atoms with Crippen LogP contribution in [0.25, 0.3) is 5.82 Å². The highest BCUT2D eigenvalue weighted by molar-refractivity contribution is 7.89. The number of rotatable bonds is 4. The first-order chi connectivity index (χ1) is 13.9. The third-order valence-electron chi connectivity index (χ3n) is 4.78. The lowest BCUT2D eigenvalue weighted by molar-refractivity contribution is 0.380. The summed E-state index contributed by atoms with van der Waals surface area (Å²) in [5.74, 6) is 0.134. The molecule has 3 heterocycles. The molecule has 152 valence electrons. The molecule has 11 heteroatoms. The third-order valence-corrected chi connectivity index (χ3v) is 6.72. The molecule has 2 aromatic heterocycles. The average Bonchev–Trinajstić information content (AvgIpc) is 3.14. The fraction of sp³-hybridized carbons (Fsp3) is 0.278. The largest absolute Gasteiger partial charge is 0.352 e. The lowest BCUT2D eigenvalue weighted by Gasteiger charge is -2.34. The van der Waals surface area contributed by atoms with Gasteiger partial charge in [0.05, 0.1) is 0 Å². The van der Waals surface area contributed by atoms with Crippen molar-refractivity contribution in [3.05, 3.63) is 60.2 Å². The molecule has 29 heavy (non-hydrogen) atoms. The fourth-order valence-electron chi connectivity index (χ4n) is 3.22. The van der Waals surface area contributed by atoms with Crippen LogP contribution in [0.4, 0.5) is 14.6 Å². The summed E-state index contributed by atoms with van der Waals surface area (Å²) in [5.41, 5.74) is 0. The Morgan fingerprint density at radius 1 is 0.966 bits per heavy atom. The highest BCUT2D eigenvalue weighted by atomic mass is 32.2. The van der Waals surface area contributed by atoms with E-state index < -0.39 is 26.6 Å². The quantitative estimate of drug-likeness (QED) is 0.640. The number of anilines is 1. The second-order valence-electron chi connectivity index (χ2n) is 6.56. The predicted octanol–water partition coefficient (Wildman–Crippen LogP) is 1.76. The normalized spacial score (nSPS) is 15.6. The lowest BCUT2D eigenvalue weighted by Crippen LogP contribution is -2.49. The zero-order valence-electron chi connectivity index (χ0n) is 15.5. The first-order valence-corrected chi connectivity index (χ1v) is 10.3. The molecule has 1 aliphatic rings. The summed E-state index contributed by atoms with van der Waals surface area (Å²) < 4.78 is 55.4. The van der Waals surface area contributed by atoms with Gasteiger partial charge in [-0.1, -0.05) is 0 Å². The van der Waals surface area contributed by atoms with Gasteiger partial charge in [0.2, 0.25) is 10.0 Å². The molecule has 0 radical (unpaired) electrons. The van der Waals surface area contributed by atoms with Crippen molar-refractivity contribution < 1.29 is 17.2 Å². The maximum absolute atomic E-state index is 13.9. The van der Waals surface area contributed by atoms with E-state index >= 15 is 0 Å². The van der Waals surface area contributed by atoms with Crippen LogP contribution in [-0.4, -0.2) is 58.7 Å². The zero-order valence-corrected chi connectivity index (χ0v) is 16.4. The molecule has 0 aliphatic carbocycles. The molecule has 3 aromatic rings. The van der Waals surface area contributed by atoms with Crippen molar-refractivity contribution in [1.82, 2.24) is 24.1 Å². The number of piperazine rings is 1. The average molecular weight is 420 g/mol. The first kappa shape index (κ1) is 19.4. The number of aromatic nitrogens is 4. The van der Waals surface area contributed by atoms with Gasteiger partial charge in [-0.05, 0) is 31.2 Å². The lowest BCUT2D eigenvalue weighted by atomic mass is 10.3. The summed E-state index contributed by atoms with van der Waals surface area (Å²) in [5, 5.41) is 8.43. The van der Waals surface area contributed by atoms with Gasteiger partial charge in [-0.2, -0.15) is 4.31 Å². The van der Waals surface area contributed by atoms with E-state index in [4.69, 9.17) is 0 Å². The van der Waals surface area contributed by atoms with E-state index in [1.807, 2.05) is 24.0 Å². The van der Waals surface area contributed by atoms with Gasteiger partial charge in [0.25, 0.3) is 0 Å². The highest BCUT2D eigenvalue weighted by Crippen LogP contribution is 2.23. The van der Waals surface area contributed by atoms with Crippen LogP contribution >= 0.6 is 0 Å². The Morgan fingerprint density at radius 2 is 1.66 bits per heavy atom. The summed E-state index contributed by atoms with van der Waals surface area (Å²) in [6.07, 6.45) is 3.46. The Hall–Kier alpha value is -2.92. The van der Waals surface area contributed by atoms with Crippen molar-refractivity contribution in [1.29, 1.82) is 0 Å². The van der Waals surface area contributed by atoms with Crippen molar-refractivity contribution in [2.24, 2.45) is 0 Å². The Morgan fingerprint density at radius 3 is 2.24 bits per heavy atom. The van der Waals surface area contributed by atoms with Crippen molar-refractivity contribution in [2.75, 3.05) is 31.1 Å². The summed E-state index contributed by atoms with van der Waals surface area (Å²) in [7, 11) is -4.04. The molecule has 1 saturated heterocycles. The van der Waals surface area contributed by atoms with Gasteiger partial charge in [0.15, 0.2) is 11.6 Å². The van der Waals surface area contributed by atoms with Gasteiger partial charge in [0, 0.05) is 44.6 Å². The van der Waals surface area contributed by atoms with Crippen LogP contribution in [0.3, 0.4) is 0 Å².